The number of nitriles is 1. The van der Waals surface area contributed by atoms with Crippen LogP contribution >= 0.6 is 11.6 Å². The first-order chi connectivity index (χ1) is 16.9. The van der Waals surface area contributed by atoms with E-state index in [2.05, 4.69) is 25.5 Å². The van der Waals surface area contributed by atoms with Gasteiger partial charge in [0.2, 0.25) is 0 Å². The molecule has 186 valence electrons. The smallest absolute Gasteiger partial charge is 0.274 e. The number of carbonyl (C=O) groups is 2. The lowest BCUT2D eigenvalue weighted by Gasteiger charge is -2.33. The quantitative estimate of drug-likeness (QED) is 0.349. The highest BCUT2D eigenvalue weighted by Crippen LogP contribution is 2.19. The van der Waals surface area contributed by atoms with Crippen molar-refractivity contribution in [2.45, 2.75) is 31.7 Å². The summed E-state index contributed by atoms with van der Waals surface area (Å²) in [6.45, 7) is 2.45. The lowest BCUT2D eigenvalue weighted by atomic mass is 10.0. The largest absolute Gasteiger partial charge is 0.484 e. The number of ether oxygens (including phenoxy) is 1. The second kappa shape index (κ2) is 12.7. The molecule has 3 rings (SSSR count). The number of hydrogen-bond donors (Lipinski definition) is 4. The van der Waals surface area contributed by atoms with Crippen molar-refractivity contribution in [1.29, 1.82) is 5.26 Å². The van der Waals surface area contributed by atoms with Crippen LogP contribution in [0.15, 0.2) is 24.3 Å². The number of carbonyl (C=O) groups excluding carboxylic acids is 2. The van der Waals surface area contributed by atoms with Crippen LogP contribution in [0.3, 0.4) is 0 Å². The van der Waals surface area contributed by atoms with E-state index in [1.807, 2.05) is 30.3 Å². The van der Waals surface area contributed by atoms with E-state index < -0.39 is 5.91 Å². The molecule has 0 aliphatic carbocycles. The molecule has 1 saturated heterocycles. The summed E-state index contributed by atoms with van der Waals surface area (Å²) in [5.74, 6) is -0.195. The molecule has 1 aliphatic rings. The van der Waals surface area contributed by atoms with Crippen LogP contribution in [0.4, 0.5) is 11.6 Å². The van der Waals surface area contributed by atoms with Crippen molar-refractivity contribution in [2.24, 2.45) is 0 Å². The molecule has 35 heavy (non-hydrogen) atoms. The van der Waals surface area contributed by atoms with Crippen LogP contribution in [0.1, 0.15) is 35.3 Å². The zero-order valence-corrected chi connectivity index (χ0v) is 20.1. The number of nitrogens with one attached hydrogen (secondary N) is 2. The van der Waals surface area contributed by atoms with Gasteiger partial charge in [0.25, 0.3) is 11.8 Å². The Hall–Kier alpha value is -3.62. The second-order valence-corrected chi connectivity index (χ2v) is 8.58. The van der Waals surface area contributed by atoms with Crippen molar-refractivity contribution >= 4 is 35.1 Å². The van der Waals surface area contributed by atoms with Crippen molar-refractivity contribution in [3.05, 3.63) is 40.7 Å². The summed E-state index contributed by atoms with van der Waals surface area (Å²) in [7, 11) is 0. The first-order valence-electron chi connectivity index (χ1n) is 11.3. The highest BCUT2D eigenvalue weighted by molar-refractivity contribution is 6.31. The van der Waals surface area contributed by atoms with Gasteiger partial charge in [-0.05, 0) is 56.5 Å². The van der Waals surface area contributed by atoms with Crippen molar-refractivity contribution in [2.75, 3.05) is 44.3 Å². The fourth-order valence-electron chi connectivity index (χ4n) is 3.84. The number of halogens is 1. The van der Waals surface area contributed by atoms with E-state index in [-0.39, 0.29) is 47.6 Å². The summed E-state index contributed by atoms with van der Waals surface area (Å²) >= 11 is 5.88. The minimum Gasteiger partial charge on any atom is -0.484 e. The van der Waals surface area contributed by atoms with E-state index in [9.17, 15) is 9.59 Å². The van der Waals surface area contributed by atoms with Crippen LogP contribution in [0.2, 0.25) is 5.15 Å². The number of nitrogens with zero attached hydrogens (tertiary/aromatic N) is 4. The Morgan fingerprint density at radius 1 is 1.23 bits per heavy atom. The fourth-order valence-corrected chi connectivity index (χ4v) is 3.96. The Bertz CT molecular complexity index is 1070. The van der Waals surface area contributed by atoms with Gasteiger partial charge in [0, 0.05) is 12.6 Å². The van der Waals surface area contributed by atoms with Gasteiger partial charge in [-0.1, -0.05) is 23.7 Å². The first-order valence-corrected chi connectivity index (χ1v) is 11.7. The van der Waals surface area contributed by atoms with Gasteiger partial charge in [0.05, 0.1) is 6.07 Å². The summed E-state index contributed by atoms with van der Waals surface area (Å²) in [4.78, 5) is 34.3. The highest BCUT2D eigenvalue weighted by atomic mass is 35.5. The number of nitrogens with two attached hydrogens (primary N) is 2. The third kappa shape index (κ3) is 7.98. The summed E-state index contributed by atoms with van der Waals surface area (Å²) in [6.07, 6.45) is 3.70. The molecular formula is C23H29ClN8O3. The Labute approximate surface area is 208 Å². The lowest BCUT2D eigenvalue weighted by Crippen LogP contribution is -2.48. The predicted octanol–water partition coefficient (Wildman–Crippen LogP) is 1.14. The standard InChI is InChI=1S/C23H29ClN8O3/c24-20-22(27)31-21(26)19(30-20)23(34)29-16-4-2-12-32(13-16)11-1-3-15-5-7-17(8-6-15)35-14-18(33)28-10-9-25/h5-8,16H,1-4,10-14H2,(H,28,33)(H,29,34)(H4,26,27,31). The molecule has 0 bridgehead atoms. The zero-order valence-electron chi connectivity index (χ0n) is 19.3. The summed E-state index contributed by atoms with van der Waals surface area (Å²) in [5, 5.41) is 13.8. The van der Waals surface area contributed by atoms with Gasteiger partial charge in [0.15, 0.2) is 29.1 Å². The van der Waals surface area contributed by atoms with Crippen LogP contribution in [0.5, 0.6) is 5.75 Å². The monoisotopic (exact) mass is 500 g/mol. The number of hydrogen-bond acceptors (Lipinski definition) is 9. The number of amides is 2. The molecule has 1 aromatic heterocycles. The van der Waals surface area contributed by atoms with E-state index in [0.717, 1.165) is 45.3 Å². The van der Waals surface area contributed by atoms with Crippen molar-refractivity contribution in [3.63, 3.8) is 0 Å². The van der Waals surface area contributed by atoms with Crippen molar-refractivity contribution in [1.82, 2.24) is 25.5 Å². The van der Waals surface area contributed by atoms with Gasteiger partial charge < -0.3 is 31.7 Å². The molecule has 11 nitrogen and oxygen atoms in total. The highest BCUT2D eigenvalue weighted by Gasteiger charge is 2.24. The number of piperidine rings is 1. The maximum absolute atomic E-state index is 12.6. The van der Waals surface area contributed by atoms with Gasteiger partial charge in [-0.3, -0.25) is 9.59 Å². The van der Waals surface area contributed by atoms with Crippen LogP contribution in [-0.2, 0) is 11.2 Å². The van der Waals surface area contributed by atoms with E-state index >= 15 is 0 Å². The molecule has 1 unspecified atom stereocenters. The van der Waals surface area contributed by atoms with Crippen LogP contribution in [0.25, 0.3) is 0 Å². The Kier molecular flexibility index (Phi) is 9.46. The van der Waals surface area contributed by atoms with Crippen molar-refractivity contribution < 1.29 is 14.3 Å². The molecule has 0 radical (unpaired) electrons. The number of aryl methyl sites for hydroxylation is 1. The average Bonchev–Trinajstić information content (AvgIpc) is 2.84. The van der Waals surface area contributed by atoms with Crippen LogP contribution in [-0.4, -0.2) is 65.5 Å². The number of aromatic nitrogens is 2. The molecule has 1 fully saturated rings. The minimum absolute atomic E-state index is 0.00821. The van der Waals surface area contributed by atoms with Gasteiger partial charge in [0.1, 0.15) is 12.3 Å². The first kappa shape index (κ1) is 26.0. The Morgan fingerprint density at radius 3 is 2.74 bits per heavy atom. The molecule has 6 N–H and O–H groups in total. The molecular weight excluding hydrogens is 472 g/mol. The predicted molar refractivity (Wildman–Crippen MR) is 132 cm³/mol. The molecule has 2 amide bonds. The topological polar surface area (TPSA) is 172 Å². The van der Waals surface area contributed by atoms with E-state index in [4.69, 9.17) is 33.1 Å². The van der Waals surface area contributed by atoms with Gasteiger partial charge >= 0.3 is 0 Å². The second-order valence-electron chi connectivity index (χ2n) is 8.22. The minimum atomic E-state index is -0.409. The Balaban J connectivity index is 1.40. The van der Waals surface area contributed by atoms with Crippen molar-refractivity contribution in [3.8, 4) is 11.8 Å². The number of benzene rings is 1. The maximum Gasteiger partial charge on any atom is 0.274 e. The van der Waals surface area contributed by atoms with Gasteiger partial charge in [-0.25, -0.2) is 9.97 Å². The van der Waals surface area contributed by atoms with Gasteiger partial charge in [-0.15, -0.1) is 0 Å². The van der Waals surface area contributed by atoms with Crippen LogP contribution < -0.4 is 26.8 Å². The normalized spacial score (nSPS) is 15.7. The number of likely N-dealkylation sites (tertiary alicyclic amines) is 1. The summed E-state index contributed by atoms with van der Waals surface area (Å²) in [5.41, 5.74) is 12.5. The zero-order chi connectivity index (χ0) is 25.2. The molecule has 2 heterocycles. The SMILES string of the molecule is N#CCNC(=O)COc1ccc(CCCN2CCCC(NC(=O)c3nc(Cl)c(N)nc3N)C2)cc1. The molecule has 1 aliphatic heterocycles. The Morgan fingerprint density at radius 2 is 2.00 bits per heavy atom. The van der Waals surface area contributed by atoms with Crippen LogP contribution in [0, 0.1) is 11.3 Å². The third-order valence-electron chi connectivity index (χ3n) is 5.56. The molecule has 1 atom stereocenters. The van der Waals surface area contributed by atoms with Gasteiger partial charge in [-0.2, -0.15) is 5.26 Å². The number of nitrogen functional groups attached to an aromatic ring is 2. The van der Waals surface area contributed by atoms with E-state index in [1.54, 1.807) is 0 Å². The molecule has 1 aromatic carbocycles. The summed E-state index contributed by atoms with van der Waals surface area (Å²) < 4.78 is 5.42. The average molecular weight is 501 g/mol. The van der Waals surface area contributed by atoms with E-state index in [1.165, 1.54) is 5.56 Å². The molecule has 0 saturated carbocycles. The maximum atomic E-state index is 12.6. The molecule has 12 heteroatoms. The molecule has 2 aromatic rings. The fraction of sp³-hybridized carbons (Fsp3) is 0.435. The molecule has 0 spiro atoms. The lowest BCUT2D eigenvalue weighted by molar-refractivity contribution is -0.122. The number of anilines is 2. The summed E-state index contributed by atoms with van der Waals surface area (Å²) in [6, 6.07) is 9.44. The number of rotatable bonds is 10. The van der Waals surface area contributed by atoms with E-state index in [0.29, 0.717) is 5.75 Å². The third-order valence-corrected chi connectivity index (χ3v) is 5.84.